The first kappa shape index (κ1) is 46.9. The summed E-state index contributed by atoms with van der Waals surface area (Å²) in [4.78, 5) is 11.2. The number of rotatable bonds is 35. The van der Waals surface area contributed by atoms with Gasteiger partial charge < -0.3 is 51.8 Å². The summed E-state index contributed by atoms with van der Waals surface area (Å²) >= 11 is 0. The summed E-state index contributed by atoms with van der Waals surface area (Å²) < 4.78 is 61.7. The highest BCUT2D eigenvalue weighted by Crippen LogP contribution is 2.36. The third kappa shape index (κ3) is 21.4. The van der Waals surface area contributed by atoms with Crippen molar-refractivity contribution in [1.82, 2.24) is 0 Å². The van der Waals surface area contributed by atoms with Crippen LogP contribution in [0.1, 0.15) is 40.5 Å². The zero-order valence-corrected chi connectivity index (χ0v) is 33.7. The Balaban J connectivity index is 1.32. The van der Waals surface area contributed by atoms with Crippen molar-refractivity contribution in [2.24, 2.45) is 0 Å². The molecular formula is C40H66O12Si. The van der Waals surface area contributed by atoms with Crippen molar-refractivity contribution in [1.29, 1.82) is 0 Å². The molecule has 53 heavy (non-hydrogen) atoms. The Morgan fingerprint density at radius 2 is 0.736 bits per heavy atom. The lowest BCUT2D eigenvalue weighted by Crippen LogP contribution is -2.66. The first-order valence-corrected chi connectivity index (χ1v) is 20.9. The van der Waals surface area contributed by atoms with Crippen LogP contribution in [-0.4, -0.2) is 146 Å². The SMILES string of the molecule is CCCC(=O)OCCOCCOCCOCCOCCOCCOCCOCCOCCOCCO[Si](c1ccccc1)(c1ccccc1)C(C)(C)C. The number of ether oxygens (including phenoxy) is 10. The molecule has 0 amide bonds. The van der Waals surface area contributed by atoms with E-state index >= 15 is 0 Å². The molecule has 0 saturated heterocycles. The first-order chi connectivity index (χ1) is 25.9. The van der Waals surface area contributed by atoms with Crippen LogP contribution in [0.15, 0.2) is 60.7 Å². The van der Waals surface area contributed by atoms with Crippen LogP contribution in [0.25, 0.3) is 0 Å². The van der Waals surface area contributed by atoms with Gasteiger partial charge in [0.15, 0.2) is 0 Å². The molecule has 12 nitrogen and oxygen atoms in total. The molecule has 0 unspecified atom stereocenters. The summed E-state index contributed by atoms with van der Waals surface area (Å²) in [6.45, 7) is 18.3. The van der Waals surface area contributed by atoms with Gasteiger partial charge in [0.25, 0.3) is 8.32 Å². The molecule has 0 aliphatic carbocycles. The second kappa shape index (κ2) is 31.0. The molecule has 13 heteroatoms. The van der Waals surface area contributed by atoms with E-state index in [1.165, 1.54) is 10.4 Å². The normalized spacial score (nSPS) is 12.0. The molecule has 0 radical (unpaired) electrons. The van der Waals surface area contributed by atoms with E-state index in [1.807, 2.05) is 6.92 Å². The van der Waals surface area contributed by atoms with Gasteiger partial charge in [0, 0.05) is 6.42 Å². The zero-order chi connectivity index (χ0) is 38.1. The molecule has 0 aliphatic rings. The minimum Gasteiger partial charge on any atom is -0.463 e. The molecule has 0 heterocycles. The Bertz CT molecular complexity index is 1080. The Hall–Kier alpha value is -2.27. The molecule has 302 valence electrons. The Labute approximate surface area is 319 Å². The molecule has 2 rings (SSSR count). The summed E-state index contributed by atoms with van der Waals surface area (Å²) in [5, 5.41) is 2.47. The van der Waals surface area contributed by atoms with Crippen LogP contribution in [0, 0.1) is 0 Å². The Morgan fingerprint density at radius 1 is 0.453 bits per heavy atom. The van der Waals surface area contributed by atoms with Crippen molar-refractivity contribution < 1.29 is 56.6 Å². The number of hydrogen-bond donors (Lipinski definition) is 0. The molecule has 0 spiro atoms. The van der Waals surface area contributed by atoms with E-state index in [0.29, 0.717) is 132 Å². The number of hydrogen-bond acceptors (Lipinski definition) is 12. The Morgan fingerprint density at radius 3 is 1.02 bits per heavy atom. The van der Waals surface area contributed by atoms with Crippen LogP contribution in [0.2, 0.25) is 5.04 Å². The fourth-order valence-electron chi connectivity index (χ4n) is 5.37. The van der Waals surface area contributed by atoms with E-state index in [4.69, 9.17) is 51.8 Å². The van der Waals surface area contributed by atoms with E-state index < -0.39 is 8.32 Å². The zero-order valence-electron chi connectivity index (χ0n) is 32.7. The molecule has 0 aliphatic heterocycles. The van der Waals surface area contributed by atoms with E-state index in [1.54, 1.807) is 0 Å². The highest BCUT2D eigenvalue weighted by molar-refractivity contribution is 6.99. The Kier molecular flexibility index (Phi) is 27.4. The summed E-state index contributed by atoms with van der Waals surface area (Å²) in [6, 6.07) is 21.3. The maximum atomic E-state index is 11.2. The van der Waals surface area contributed by atoms with Crippen LogP contribution in [0.5, 0.6) is 0 Å². The fourth-order valence-corrected chi connectivity index (χ4v) is 9.91. The monoisotopic (exact) mass is 766 g/mol. The van der Waals surface area contributed by atoms with E-state index in [9.17, 15) is 4.79 Å². The van der Waals surface area contributed by atoms with Crippen LogP contribution >= 0.6 is 0 Å². The van der Waals surface area contributed by atoms with Crippen molar-refractivity contribution in [2.75, 3.05) is 132 Å². The number of carbonyl (C=O) groups is 1. The van der Waals surface area contributed by atoms with Gasteiger partial charge in [0.05, 0.1) is 126 Å². The van der Waals surface area contributed by atoms with E-state index in [0.717, 1.165) is 6.42 Å². The van der Waals surface area contributed by atoms with Crippen molar-refractivity contribution in [3.05, 3.63) is 60.7 Å². The average Bonchev–Trinajstić information content (AvgIpc) is 3.15. The van der Waals surface area contributed by atoms with Crippen LogP contribution in [0.4, 0.5) is 0 Å². The smallest absolute Gasteiger partial charge is 0.305 e. The quantitative estimate of drug-likeness (QED) is 0.0573. The van der Waals surface area contributed by atoms with Gasteiger partial charge in [-0.15, -0.1) is 0 Å². The molecule has 0 bridgehead atoms. The third-order valence-corrected chi connectivity index (χ3v) is 12.9. The minimum atomic E-state index is -2.54. The fraction of sp³-hybridized carbons (Fsp3) is 0.675. The van der Waals surface area contributed by atoms with E-state index in [-0.39, 0.29) is 17.6 Å². The van der Waals surface area contributed by atoms with Gasteiger partial charge in [-0.1, -0.05) is 88.4 Å². The molecule has 0 fully saturated rings. The number of carbonyl (C=O) groups excluding carboxylic acids is 1. The maximum absolute atomic E-state index is 11.2. The second-order valence-electron chi connectivity index (χ2n) is 13.0. The summed E-state index contributed by atoms with van der Waals surface area (Å²) in [5.41, 5.74) is 0. The van der Waals surface area contributed by atoms with Crippen LogP contribution < -0.4 is 10.4 Å². The summed E-state index contributed by atoms with van der Waals surface area (Å²) in [5.74, 6) is -0.188. The molecule has 2 aromatic rings. The van der Waals surface area contributed by atoms with Gasteiger partial charge in [0.1, 0.15) is 6.61 Å². The van der Waals surface area contributed by atoms with Crippen molar-refractivity contribution in [3.8, 4) is 0 Å². The van der Waals surface area contributed by atoms with Gasteiger partial charge >= 0.3 is 5.97 Å². The number of benzene rings is 2. The molecule has 0 atom stereocenters. The molecule has 0 N–H and O–H groups in total. The maximum Gasteiger partial charge on any atom is 0.305 e. The predicted molar refractivity (Wildman–Crippen MR) is 207 cm³/mol. The van der Waals surface area contributed by atoms with Gasteiger partial charge in [0.2, 0.25) is 0 Å². The lowest BCUT2D eigenvalue weighted by atomic mass is 10.2. The lowest BCUT2D eigenvalue weighted by Gasteiger charge is -2.43. The van der Waals surface area contributed by atoms with E-state index in [2.05, 4.69) is 81.4 Å². The topological polar surface area (TPSA) is 119 Å². The average molecular weight is 767 g/mol. The van der Waals surface area contributed by atoms with Crippen LogP contribution in [-0.2, 0) is 56.6 Å². The summed E-state index contributed by atoms with van der Waals surface area (Å²) in [7, 11) is -2.54. The molecule has 0 aromatic heterocycles. The second-order valence-corrected chi connectivity index (χ2v) is 17.3. The third-order valence-electron chi connectivity index (χ3n) is 7.88. The van der Waals surface area contributed by atoms with Gasteiger partial charge in [-0.3, -0.25) is 4.79 Å². The molecule has 0 saturated carbocycles. The number of esters is 1. The largest absolute Gasteiger partial charge is 0.463 e. The lowest BCUT2D eigenvalue weighted by molar-refractivity contribution is -0.145. The van der Waals surface area contributed by atoms with Crippen molar-refractivity contribution in [2.45, 2.75) is 45.6 Å². The van der Waals surface area contributed by atoms with Gasteiger partial charge in [-0.05, 0) is 21.8 Å². The first-order valence-electron chi connectivity index (χ1n) is 19.0. The van der Waals surface area contributed by atoms with Gasteiger partial charge in [-0.2, -0.15) is 0 Å². The summed E-state index contributed by atoms with van der Waals surface area (Å²) in [6.07, 6.45) is 1.23. The van der Waals surface area contributed by atoms with Crippen molar-refractivity contribution >= 4 is 24.7 Å². The predicted octanol–water partition coefficient (Wildman–Crippen LogP) is 4.06. The molecule has 2 aromatic carbocycles. The standard InChI is InChI=1S/C40H66O12Si/c1-5-12-39(41)51-35-33-49-31-29-47-27-25-45-23-21-43-19-17-42-18-20-44-22-24-46-26-28-48-30-32-50-34-36-52-53(40(2,3)4,37-13-8-6-9-14-37)38-15-10-7-11-16-38/h6-11,13-16H,5,12,17-36H2,1-4H3. The molecular weight excluding hydrogens is 701 g/mol. The van der Waals surface area contributed by atoms with Crippen LogP contribution in [0.3, 0.4) is 0 Å². The minimum absolute atomic E-state index is 0.0589. The van der Waals surface area contributed by atoms with Crippen molar-refractivity contribution in [3.63, 3.8) is 0 Å². The highest BCUT2D eigenvalue weighted by Gasteiger charge is 2.50. The van der Waals surface area contributed by atoms with Gasteiger partial charge in [-0.25, -0.2) is 0 Å². The highest BCUT2D eigenvalue weighted by atomic mass is 28.4.